The van der Waals surface area contributed by atoms with Gasteiger partial charge in [-0.2, -0.15) is 4.72 Å². The average Bonchev–Trinajstić information content (AvgIpc) is 2.79. The summed E-state index contributed by atoms with van der Waals surface area (Å²) in [5.41, 5.74) is 0.844. The molecule has 0 saturated heterocycles. The van der Waals surface area contributed by atoms with Gasteiger partial charge in [-0.15, -0.1) is 0 Å². The summed E-state index contributed by atoms with van der Waals surface area (Å²) in [7, 11) is -3.88. The maximum Gasteiger partial charge on any atom is 0.246 e. The normalized spacial score (nSPS) is 12.9. The lowest BCUT2D eigenvalue weighted by molar-refractivity contribution is -0.117. The van der Waals surface area contributed by atoms with Gasteiger partial charge < -0.3 is 9.84 Å². The first-order valence-corrected chi connectivity index (χ1v) is 8.10. The Labute approximate surface area is 128 Å². The van der Waals surface area contributed by atoms with Crippen molar-refractivity contribution in [1.29, 1.82) is 0 Å². The minimum absolute atomic E-state index is 0.0353. The fraction of sp³-hybridized carbons (Fsp3) is 0.286. The first-order chi connectivity index (χ1) is 10.3. The van der Waals surface area contributed by atoms with Gasteiger partial charge in [0.1, 0.15) is 10.6 Å². The van der Waals surface area contributed by atoms with Crippen LogP contribution in [0.25, 0.3) is 0 Å². The van der Waals surface area contributed by atoms with Gasteiger partial charge in [0.25, 0.3) is 0 Å². The molecule has 0 fully saturated rings. The van der Waals surface area contributed by atoms with Gasteiger partial charge >= 0.3 is 0 Å². The van der Waals surface area contributed by atoms with E-state index in [0.717, 1.165) is 0 Å². The third kappa shape index (κ3) is 3.52. The van der Waals surface area contributed by atoms with E-state index in [-0.39, 0.29) is 16.3 Å². The van der Waals surface area contributed by atoms with E-state index in [1.807, 2.05) is 6.07 Å². The number of aryl methyl sites for hydroxylation is 2. The Morgan fingerprint density at radius 3 is 2.41 bits per heavy atom. The molecule has 1 heterocycles. The Morgan fingerprint density at radius 2 is 1.86 bits per heavy atom. The molecule has 1 aromatic carbocycles. The van der Waals surface area contributed by atoms with Crippen LogP contribution in [0.1, 0.15) is 18.4 Å². The molecule has 0 bridgehead atoms. The third-order valence-electron chi connectivity index (χ3n) is 3.00. The van der Waals surface area contributed by atoms with Crippen LogP contribution in [0, 0.1) is 13.8 Å². The fourth-order valence-electron chi connectivity index (χ4n) is 1.98. The highest BCUT2D eigenvalue weighted by Crippen LogP contribution is 2.19. The number of benzene rings is 1. The second-order valence-corrected chi connectivity index (χ2v) is 6.50. The number of hydrogen-bond donors (Lipinski definition) is 2. The van der Waals surface area contributed by atoms with E-state index in [1.165, 1.54) is 20.8 Å². The molecular formula is C14H17N3O4S. The zero-order valence-electron chi connectivity index (χ0n) is 12.5. The largest absolute Gasteiger partial charge is 0.360 e. The van der Waals surface area contributed by atoms with Crippen molar-refractivity contribution in [1.82, 2.24) is 9.88 Å². The van der Waals surface area contributed by atoms with Crippen LogP contribution in [0.4, 0.5) is 5.69 Å². The Kier molecular flexibility index (Phi) is 4.62. The van der Waals surface area contributed by atoms with Crippen LogP contribution in [-0.2, 0) is 14.8 Å². The smallest absolute Gasteiger partial charge is 0.246 e. The molecule has 0 saturated carbocycles. The molecule has 118 valence electrons. The Balaban J connectivity index is 2.11. The summed E-state index contributed by atoms with van der Waals surface area (Å²) in [4.78, 5) is 12.0. The molecule has 22 heavy (non-hydrogen) atoms. The first kappa shape index (κ1) is 16.2. The van der Waals surface area contributed by atoms with E-state index in [9.17, 15) is 13.2 Å². The number of para-hydroxylation sites is 1. The van der Waals surface area contributed by atoms with E-state index in [4.69, 9.17) is 4.52 Å². The maximum atomic E-state index is 12.3. The highest BCUT2D eigenvalue weighted by atomic mass is 32.2. The average molecular weight is 323 g/mol. The molecule has 0 aliphatic rings. The molecule has 0 aliphatic heterocycles. The maximum absolute atomic E-state index is 12.3. The lowest BCUT2D eigenvalue weighted by Gasteiger charge is -2.14. The zero-order valence-corrected chi connectivity index (χ0v) is 13.3. The number of aromatic nitrogens is 1. The van der Waals surface area contributed by atoms with Gasteiger partial charge in [-0.1, -0.05) is 23.4 Å². The monoisotopic (exact) mass is 323 g/mol. The molecule has 0 aliphatic carbocycles. The summed E-state index contributed by atoms with van der Waals surface area (Å²) < 4.78 is 31.8. The van der Waals surface area contributed by atoms with Crippen molar-refractivity contribution < 1.29 is 17.7 Å². The van der Waals surface area contributed by atoms with Crippen molar-refractivity contribution in [3.8, 4) is 0 Å². The molecule has 1 amide bonds. The topological polar surface area (TPSA) is 101 Å². The summed E-state index contributed by atoms with van der Waals surface area (Å²) in [6.45, 7) is 4.50. The lowest BCUT2D eigenvalue weighted by Crippen LogP contribution is -2.41. The van der Waals surface area contributed by atoms with E-state index < -0.39 is 22.0 Å². The second-order valence-electron chi connectivity index (χ2n) is 4.85. The van der Waals surface area contributed by atoms with Crippen LogP contribution in [0.5, 0.6) is 0 Å². The van der Waals surface area contributed by atoms with Crippen LogP contribution in [0.15, 0.2) is 39.8 Å². The summed E-state index contributed by atoms with van der Waals surface area (Å²) in [6.07, 6.45) is 0. The second kappa shape index (κ2) is 6.29. The van der Waals surface area contributed by atoms with E-state index in [1.54, 1.807) is 24.3 Å². The van der Waals surface area contributed by atoms with Crippen molar-refractivity contribution in [2.75, 3.05) is 5.32 Å². The molecular weight excluding hydrogens is 306 g/mol. The summed E-state index contributed by atoms with van der Waals surface area (Å²) in [5.74, 6) is -0.276. The number of nitrogens with one attached hydrogen (secondary N) is 2. The van der Waals surface area contributed by atoms with Crippen LogP contribution in [-0.4, -0.2) is 25.5 Å². The minimum atomic E-state index is -3.88. The molecule has 0 spiro atoms. The quantitative estimate of drug-likeness (QED) is 0.870. The number of rotatable bonds is 5. The molecule has 0 unspecified atom stereocenters. The van der Waals surface area contributed by atoms with Gasteiger partial charge in [-0.05, 0) is 32.9 Å². The van der Waals surface area contributed by atoms with Crippen LogP contribution in [0.2, 0.25) is 0 Å². The summed E-state index contributed by atoms with van der Waals surface area (Å²) in [5, 5.41) is 6.24. The number of hydrogen-bond acceptors (Lipinski definition) is 5. The molecule has 8 heteroatoms. The zero-order chi connectivity index (χ0) is 16.3. The van der Waals surface area contributed by atoms with Gasteiger partial charge in [0, 0.05) is 5.69 Å². The molecule has 2 N–H and O–H groups in total. The van der Waals surface area contributed by atoms with Gasteiger partial charge in [0.05, 0.1) is 6.04 Å². The van der Waals surface area contributed by atoms with Crippen molar-refractivity contribution in [3.05, 3.63) is 41.8 Å². The SMILES string of the molecule is Cc1noc(C)c1S(=O)(=O)N[C@@H](C)C(=O)Nc1ccccc1. The van der Waals surface area contributed by atoms with Crippen molar-refractivity contribution in [2.24, 2.45) is 0 Å². The van der Waals surface area contributed by atoms with Crippen molar-refractivity contribution in [2.45, 2.75) is 31.7 Å². The Hall–Kier alpha value is -2.19. The molecule has 2 rings (SSSR count). The molecule has 1 aromatic heterocycles. The van der Waals surface area contributed by atoms with Crippen LogP contribution >= 0.6 is 0 Å². The number of carbonyl (C=O) groups is 1. The summed E-state index contributed by atoms with van der Waals surface area (Å²) >= 11 is 0. The molecule has 2 aromatic rings. The highest BCUT2D eigenvalue weighted by Gasteiger charge is 2.28. The van der Waals surface area contributed by atoms with E-state index >= 15 is 0 Å². The van der Waals surface area contributed by atoms with Crippen molar-refractivity contribution >= 4 is 21.6 Å². The molecule has 1 atom stereocenters. The van der Waals surface area contributed by atoms with Crippen LogP contribution < -0.4 is 10.0 Å². The van der Waals surface area contributed by atoms with Gasteiger partial charge in [0.2, 0.25) is 15.9 Å². The van der Waals surface area contributed by atoms with Crippen LogP contribution in [0.3, 0.4) is 0 Å². The highest BCUT2D eigenvalue weighted by molar-refractivity contribution is 7.89. The third-order valence-corrected chi connectivity index (χ3v) is 4.79. The number of carbonyl (C=O) groups excluding carboxylic acids is 1. The standard InChI is InChI=1S/C14H17N3O4S/c1-9-13(11(3)21-16-9)22(19,20)17-10(2)14(18)15-12-7-5-4-6-8-12/h4-8,10,17H,1-3H3,(H,15,18)/t10-/m0/s1. The number of nitrogens with zero attached hydrogens (tertiary/aromatic N) is 1. The molecule has 0 radical (unpaired) electrons. The van der Waals surface area contributed by atoms with E-state index in [2.05, 4.69) is 15.2 Å². The number of amides is 1. The van der Waals surface area contributed by atoms with Gasteiger partial charge in [0.15, 0.2) is 5.76 Å². The predicted molar refractivity (Wildman–Crippen MR) is 80.8 cm³/mol. The van der Waals surface area contributed by atoms with E-state index in [0.29, 0.717) is 5.69 Å². The predicted octanol–water partition coefficient (Wildman–Crippen LogP) is 1.60. The number of anilines is 1. The molecule has 7 nitrogen and oxygen atoms in total. The summed E-state index contributed by atoms with van der Waals surface area (Å²) in [6, 6.07) is 7.85. The van der Waals surface area contributed by atoms with Gasteiger partial charge in [-0.25, -0.2) is 8.42 Å². The lowest BCUT2D eigenvalue weighted by atomic mass is 10.3. The van der Waals surface area contributed by atoms with Gasteiger partial charge in [-0.3, -0.25) is 4.79 Å². The minimum Gasteiger partial charge on any atom is -0.360 e. The number of sulfonamides is 1. The first-order valence-electron chi connectivity index (χ1n) is 6.62. The Morgan fingerprint density at radius 1 is 1.23 bits per heavy atom. The van der Waals surface area contributed by atoms with Crippen molar-refractivity contribution in [3.63, 3.8) is 0 Å². The fourth-order valence-corrected chi connectivity index (χ4v) is 3.51. The Bertz CT molecular complexity index is 749.